The normalized spacial score (nSPS) is 11.1. The van der Waals surface area contributed by atoms with Crippen LogP contribution in [0.15, 0.2) is 41.3 Å². The third-order valence-electron chi connectivity index (χ3n) is 4.99. The Balaban J connectivity index is 2.32. The molecule has 0 aliphatic rings. The number of ether oxygens (including phenoxy) is 3. The maximum atomic E-state index is 12.6. The first-order valence-corrected chi connectivity index (χ1v) is 9.19. The minimum Gasteiger partial charge on any atom is -0.493 e. The Morgan fingerprint density at radius 2 is 1.69 bits per heavy atom. The first-order valence-electron chi connectivity index (χ1n) is 9.19. The van der Waals surface area contributed by atoms with Crippen molar-refractivity contribution in [3.8, 4) is 22.6 Å². The van der Waals surface area contributed by atoms with Gasteiger partial charge >= 0.3 is 0 Å². The van der Waals surface area contributed by atoms with Crippen LogP contribution >= 0.6 is 0 Å². The third kappa shape index (κ3) is 3.98. The highest BCUT2D eigenvalue weighted by atomic mass is 16.5. The summed E-state index contributed by atoms with van der Waals surface area (Å²) < 4.78 is 17.4. The number of pyridine rings is 1. The highest BCUT2D eigenvalue weighted by Crippen LogP contribution is 2.40. The first kappa shape index (κ1) is 20.9. The van der Waals surface area contributed by atoms with Gasteiger partial charge in [0.2, 0.25) is 0 Å². The van der Waals surface area contributed by atoms with Crippen molar-refractivity contribution in [3.63, 3.8) is 0 Å². The Morgan fingerprint density at radius 1 is 0.966 bits per heavy atom. The van der Waals surface area contributed by atoms with Crippen LogP contribution in [-0.2, 0) is 24.5 Å². The maximum Gasteiger partial charge on any atom is 0.251 e. The van der Waals surface area contributed by atoms with Crippen molar-refractivity contribution in [3.05, 3.63) is 58.0 Å². The molecular weight excluding hydrogens is 374 g/mol. The van der Waals surface area contributed by atoms with Crippen LogP contribution in [0.25, 0.3) is 21.9 Å². The van der Waals surface area contributed by atoms with Gasteiger partial charge in [0.05, 0.1) is 34.0 Å². The van der Waals surface area contributed by atoms with Crippen LogP contribution in [0.2, 0.25) is 0 Å². The van der Waals surface area contributed by atoms with Crippen molar-refractivity contribution in [2.24, 2.45) is 0 Å². The van der Waals surface area contributed by atoms with Crippen molar-refractivity contribution in [2.75, 3.05) is 27.9 Å². The van der Waals surface area contributed by atoms with Gasteiger partial charge in [-0.2, -0.15) is 0 Å². The molecule has 1 heterocycles. The summed E-state index contributed by atoms with van der Waals surface area (Å²) in [6.45, 7) is 0.367. The molecule has 0 aliphatic carbocycles. The summed E-state index contributed by atoms with van der Waals surface area (Å²) in [5, 5.41) is 21.5. The molecule has 1 aromatic heterocycles. The van der Waals surface area contributed by atoms with Gasteiger partial charge < -0.3 is 29.0 Å². The van der Waals surface area contributed by atoms with E-state index in [0.717, 1.165) is 10.8 Å². The van der Waals surface area contributed by atoms with Gasteiger partial charge in [-0.25, -0.2) is 0 Å². The maximum absolute atomic E-state index is 12.6. The summed E-state index contributed by atoms with van der Waals surface area (Å²) >= 11 is 0. The van der Waals surface area contributed by atoms with Crippen LogP contribution in [0, 0.1) is 0 Å². The molecule has 7 nitrogen and oxygen atoms in total. The summed E-state index contributed by atoms with van der Waals surface area (Å²) in [7, 11) is 4.69. The molecule has 0 radical (unpaired) electrons. The van der Waals surface area contributed by atoms with Gasteiger partial charge in [0, 0.05) is 25.9 Å². The number of methoxy groups -OCH3 is 3. The average molecular weight is 399 g/mol. The molecule has 0 aliphatic heterocycles. The van der Waals surface area contributed by atoms with Gasteiger partial charge in [-0.3, -0.25) is 4.79 Å². The molecule has 154 valence electrons. The van der Waals surface area contributed by atoms with E-state index in [-0.39, 0.29) is 18.8 Å². The van der Waals surface area contributed by atoms with E-state index in [1.165, 1.54) is 6.07 Å². The molecule has 0 fully saturated rings. The van der Waals surface area contributed by atoms with Crippen molar-refractivity contribution in [1.82, 2.24) is 4.57 Å². The summed E-state index contributed by atoms with van der Waals surface area (Å²) in [5.41, 5.74) is 2.32. The van der Waals surface area contributed by atoms with Crippen molar-refractivity contribution >= 4 is 10.8 Å². The molecule has 0 unspecified atom stereocenters. The Morgan fingerprint density at radius 3 is 2.28 bits per heavy atom. The smallest absolute Gasteiger partial charge is 0.251 e. The fraction of sp³-hybridized carbons (Fsp3) is 0.318. The lowest BCUT2D eigenvalue weighted by Crippen LogP contribution is -2.20. The average Bonchev–Trinajstić information content (AvgIpc) is 2.75. The van der Waals surface area contributed by atoms with Crippen LogP contribution in [0.5, 0.6) is 11.5 Å². The zero-order chi connectivity index (χ0) is 21.0. The van der Waals surface area contributed by atoms with Crippen LogP contribution < -0.4 is 15.0 Å². The lowest BCUT2D eigenvalue weighted by Gasteiger charge is -2.18. The minimum absolute atomic E-state index is 0.175. The predicted molar refractivity (Wildman–Crippen MR) is 110 cm³/mol. The van der Waals surface area contributed by atoms with Crippen molar-refractivity contribution in [1.29, 1.82) is 0 Å². The molecule has 0 bridgehead atoms. The van der Waals surface area contributed by atoms with E-state index in [0.29, 0.717) is 46.9 Å². The number of nitrogens with zero attached hydrogens (tertiary/aromatic N) is 1. The molecule has 0 spiro atoms. The number of aliphatic hydroxyl groups is 2. The second kappa shape index (κ2) is 9.09. The van der Waals surface area contributed by atoms with Crippen molar-refractivity contribution in [2.45, 2.75) is 19.8 Å². The lowest BCUT2D eigenvalue weighted by atomic mass is 9.90. The van der Waals surface area contributed by atoms with E-state index in [2.05, 4.69) is 0 Å². The molecule has 0 atom stereocenters. The summed E-state index contributed by atoms with van der Waals surface area (Å²) in [6.07, 6.45) is 1.70. The second-order valence-corrected chi connectivity index (χ2v) is 6.57. The van der Waals surface area contributed by atoms with Crippen LogP contribution in [0.1, 0.15) is 11.1 Å². The Kier molecular flexibility index (Phi) is 6.53. The second-order valence-electron chi connectivity index (χ2n) is 6.57. The third-order valence-corrected chi connectivity index (χ3v) is 4.99. The van der Waals surface area contributed by atoms with Crippen LogP contribution in [-0.4, -0.2) is 42.7 Å². The number of rotatable bonds is 8. The van der Waals surface area contributed by atoms with Gasteiger partial charge in [-0.05, 0) is 57.3 Å². The molecule has 3 aromatic rings. The van der Waals surface area contributed by atoms with Crippen LogP contribution in [0.3, 0.4) is 0 Å². The van der Waals surface area contributed by atoms with Crippen molar-refractivity contribution < 1.29 is 24.4 Å². The minimum atomic E-state index is -0.276. The van der Waals surface area contributed by atoms with Gasteiger partial charge in [0.1, 0.15) is 0 Å². The lowest BCUT2D eigenvalue weighted by molar-refractivity contribution is 0.186. The van der Waals surface area contributed by atoms with E-state index in [1.807, 2.05) is 24.3 Å². The van der Waals surface area contributed by atoms with Gasteiger partial charge in [0.15, 0.2) is 11.5 Å². The molecule has 0 saturated heterocycles. The summed E-state index contributed by atoms with van der Waals surface area (Å²) in [6, 6.07) is 8.80. The highest BCUT2D eigenvalue weighted by Gasteiger charge is 2.18. The molecule has 3 rings (SSSR count). The van der Waals surface area contributed by atoms with E-state index >= 15 is 0 Å². The number of aromatic nitrogens is 1. The monoisotopic (exact) mass is 399 g/mol. The fourth-order valence-electron chi connectivity index (χ4n) is 3.52. The summed E-state index contributed by atoms with van der Waals surface area (Å²) in [4.78, 5) is 12.6. The molecule has 0 saturated carbocycles. The van der Waals surface area contributed by atoms with Gasteiger partial charge in [-0.15, -0.1) is 0 Å². The van der Waals surface area contributed by atoms with Gasteiger partial charge in [-0.1, -0.05) is 0 Å². The largest absolute Gasteiger partial charge is 0.493 e. The first-order chi connectivity index (χ1) is 14.1. The van der Waals surface area contributed by atoms with E-state index in [4.69, 9.17) is 14.2 Å². The molecule has 2 N–H and O–H groups in total. The molecule has 7 heteroatoms. The molecule has 0 amide bonds. The molecule has 2 aromatic carbocycles. The van der Waals surface area contributed by atoms with E-state index in [1.54, 1.807) is 32.1 Å². The molecular formula is C22H25NO6. The number of aliphatic hydroxyl groups excluding tert-OH is 2. The standard InChI is InChI=1S/C22H25NO6/c1-27-7-6-23-5-4-14(10-21(23)26)22-17-11-20(29-3)19(28-2)9-15(17)8-16(12-24)18(22)13-25/h4-5,8-11,24-25H,6-7,12-13H2,1-3H3. The Bertz CT molecular complexity index is 1070. The number of fused-ring (bicyclic) bond motifs is 1. The molecule has 29 heavy (non-hydrogen) atoms. The fourth-order valence-corrected chi connectivity index (χ4v) is 3.52. The Hall–Kier alpha value is -2.87. The predicted octanol–water partition coefficient (Wildman–Crippen LogP) is 2.32. The van der Waals surface area contributed by atoms with Gasteiger partial charge in [0.25, 0.3) is 5.56 Å². The SMILES string of the molecule is COCCn1ccc(-c2c(CO)c(CO)cc3cc(OC)c(OC)cc23)cc1=O. The quantitative estimate of drug-likeness (QED) is 0.604. The number of hydrogen-bond acceptors (Lipinski definition) is 6. The zero-order valence-electron chi connectivity index (χ0n) is 16.8. The number of benzene rings is 2. The summed E-state index contributed by atoms with van der Waals surface area (Å²) in [5.74, 6) is 1.09. The zero-order valence-corrected chi connectivity index (χ0v) is 16.8. The Labute approximate surface area is 168 Å². The number of hydrogen-bond donors (Lipinski definition) is 2. The highest BCUT2D eigenvalue weighted by molar-refractivity contribution is 6.00. The van der Waals surface area contributed by atoms with E-state index in [9.17, 15) is 15.0 Å². The topological polar surface area (TPSA) is 90.2 Å². The van der Waals surface area contributed by atoms with Crippen LogP contribution in [0.4, 0.5) is 0 Å². The van der Waals surface area contributed by atoms with E-state index < -0.39 is 0 Å².